The van der Waals surface area contributed by atoms with Gasteiger partial charge in [0, 0.05) is 19.3 Å². The molecular weight excluding hydrogens is 250 g/mol. The average Bonchev–Trinajstić information content (AvgIpc) is 2.09. The summed E-state index contributed by atoms with van der Waals surface area (Å²) in [5.74, 6) is 0. The Bertz CT molecular complexity index is 421. The fraction of sp³-hybridized carbons (Fsp3) is 0.500. The van der Waals surface area contributed by atoms with E-state index in [2.05, 4.69) is 20.9 Å². The molecule has 1 heterocycles. The number of aromatic nitrogens is 2. The van der Waals surface area contributed by atoms with Crippen molar-refractivity contribution in [2.45, 2.75) is 6.54 Å². The lowest BCUT2D eigenvalue weighted by molar-refractivity contribution is 0.378. The van der Waals surface area contributed by atoms with E-state index in [4.69, 9.17) is 0 Å². The highest BCUT2D eigenvalue weighted by Gasteiger charge is 2.01. The molecule has 78 valence electrons. The van der Waals surface area contributed by atoms with Gasteiger partial charge in [0.1, 0.15) is 0 Å². The highest BCUT2D eigenvalue weighted by molar-refractivity contribution is 9.10. The van der Waals surface area contributed by atoms with Crippen molar-refractivity contribution in [3.63, 3.8) is 0 Å². The Morgan fingerprint density at radius 1 is 1.50 bits per heavy atom. The van der Waals surface area contributed by atoms with E-state index in [1.807, 2.05) is 19.0 Å². The number of halogens is 1. The molecule has 0 spiro atoms. The van der Waals surface area contributed by atoms with Crippen molar-refractivity contribution >= 4 is 15.9 Å². The van der Waals surface area contributed by atoms with Gasteiger partial charge in [0.05, 0.1) is 4.47 Å². The van der Waals surface area contributed by atoms with Crippen LogP contribution in [0.1, 0.15) is 0 Å². The number of H-pyrrole nitrogens is 1. The van der Waals surface area contributed by atoms with Crippen molar-refractivity contribution in [2.24, 2.45) is 0 Å². The van der Waals surface area contributed by atoms with Crippen LogP contribution in [0, 0.1) is 0 Å². The Labute approximate surface area is 89.5 Å². The second-order valence-corrected chi connectivity index (χ2v) is 4.09. The number of hydrogen-bond acceptors (Lipinski definition) is 3. The Morgan fingerprint density at radius 2 is 2.14 bits per heavy atom. The fourth-order valence-corrected chi connectivity index (χ4v) is 1.30. The van der Waals surface area contributed by atoms with E-state index in [9.17, 15) is 9.59 Å². The number of rotatable bonds is 3. The van der Waals surface area contributed by atoms with Gasteiger partial charge < -0.3 is 4.90 Å². The topological polar surface area (TPSA) is 58.1 Å². The molecule has 0 aliphatic rings. The van der Waals surface area contributed by atoms with E-state index in [-0.39, 0.29) is 5.69 Å². The first-order valence-electron chi connectivity index (χ1n) is 4.14. The van der Waals surface area contributed by atoms with Crippen molar-refractivity contribution < 1.29 is 0 Å². The second kappa shape index (κ2) is 4.56. The van der Waals surface area contributed by atoms with Crippen LogP contribution in [0.15, 0.2) is 20.3 Å². The molecule has 1 aromatic heterocycles. The first-order valence-corrected chi connectivity index (χ1v) is 4.94. The summed E-state index contributed by atoms with van der Waals surface area (Å²) in [6, 6.07) is 0. The molecule has 6 heteroatoms. The van der Waals surface area contributed by atoms with E-state index in [0.29, 0.717) is 11.0 Å². The van der Waals surface area contributed by atoms with Crippen LogP contribution in [0.5, 0.6) is 0 Å². The van der Waals surface area contributed by atoms with Gasteiger partial charge in [0.15, 0.2) is 0 Å². The fourth-order valence-electron chi connectivity index (χ4n) is 0.957. The van der Waals surface area contributed by atoms with Crippen molar-refractivity contribution in [2.75, 3.05) is 20.6 Å². The van der Waals surface area contributed by atoms with Crippen LogP contribution < -0.4 is 11.2 Å². The van der Waals surface area contributed by atoms with Crippen LogP contribution in [-0.4, -0.2) is 35.1 Å². The zero-order valence-corrected chi connectivity index (χ0v) is 9.67. The van der Waals surface area contributed by atoms with E-state index >= 15 is 0 Å². The molecule has 0 radical (unpaired) electrons. The molecule has 0 aliphatic carbocycles. The highest BCUT2D eigenvalue weighted by atomic mass is 79.9. The summed E-state index contributed by atoms with van der Waals surface area (Å²) >= 11 is 3.07. The maximum Gasteiger partial charge on any atom is 0.328 e. The summed E-state index contributed by atoms with van der Waals surface area (Å²) in [6.07, 6.45) is 1.50. The molecular formula is C8H12BrN3O2. The molecule has 0 fully saturated rings. The van der Waals surface area contributed by atoms with E-state index in [0.717, 1.165) is 6.54 Å². The molecule has 1 aromatic rings. The summed E-state index contributed by atoms with van der Waals surface area (Å²) in [4.78, 5) is 26.5. The van der Waals surface area contributed by atoms with Gasteiger partial charge in [-0.3, -0.25) is 14.3 Å². The van der Waals surface area contributed by atoms with Crippen LogP contribution in [0.4, 0.5) is 0 Å². The number of nitrogens with zero attached hydrogens (tertiary/aromatic N) is 2. The monoisotopic (exact) mass is 261 g/mol. The lowest BCUT2D eigenvalue weighted by atomic mass is 10.5. The van der Waals surface area contributed by atoms with Gasteiger partial charge in [-0.15, -0.1) is 0 Å². The SMILES string of the molecule is CN(C)CCn1cc(Br)c(=O)[nH]c1=O. The summed E-state index contributed by atoms with van der Waals surface area (Å²) in [6.45, 7) is 1.31. The molecule has 14 heavy (non-hydrogen) atoms. The number of likely N-dealkylation sites (N-methyl/N-ethyl adjacent to an activating group) is 1. The quantitative estimate of drug-likeness (QED) is 0.824. The van der Waals surface area contributed by atoms with Crippen molar-refractivity contribution in [1.29, 1.82) is 0 Å². The largest absolute Gasteiger partial charge is 0.328 e. The summed E-state index contributed by atoms with van der Waals surface area (Å²) in [7, 11) is 3.84. The maximum atomic E-state index is 11.3. The van der Waals surface area contributed by atoms with Crippen LogP contribution >= 0.6 is 15.9 Å². The third-order valence-electron chi connectivity index (χ3n) is 1.76. The molecule has 0 saturated heterocycles. The van der Waals surface area contributed by atoms with Crippen molar-refractivity contribution in [3.05, 3.63) is 31.5 Å². The minimum atomic E-state index is -0.392. The van der Waals surface area contributed by atoms with Crippen LogP contribution in [-0.2, 0) is 6.54 Å². The lowest BCUT2D eigenvalue weighted by Gasteiger charge is -2.10. The average molecular weight is 262 g/mol. The molecule has 0 aromatic carbocycles. The van der Waals surface area contributed by atoms with Gasteiger partial charge in [-0.2, -0.15) is 0 Å². The molecule has 1 N–H and O–H groups in total. The maximum absolute atomic E-state index is 11.3. The van der Waals surface area contributed by atoms with Crippen LogP contribution in [0.3, 0.4) is 0 Å². The minimum Gasteiger partial charge on any atom is -0.308 e. The number of aromatic amines is 1. The Morgan fingerprint density at radius 3 is 2.71 bits per heavy atom. The standard InChI is InChI=1S/C8H12BrN3O2/c1-11(2)3-4-12-5-6(9)7(13)10-8(12)14/h5H,3-4H2,1-2H3,(H,10,13,14). The van der Waals surface area contributed by atoms with Gasteiger partial charge in [-0.05, 0) is 30.0 Å². The van der Waals surface area contributed by atoms with Crippen LogP contribution in [0.2, 0.25) is 0 Å². The minimum absolute atomic E-state index is 0.371. The Hall–Kier alpha value is -0.880. The van der Waals surface area contributed by atoms with Crippen LogP contribution in [0.25, 0.3) is 0 Å². The van der Waals surface area contributed by atoms with Gasteiger partial charge in [0.2, 0.25) is 0 Å². The normalized spacial score (nSPS) is 10.9. The molecule has 0 unspecified atom stereocenters. The van der Waals surface area contributed by atoms with Gasteiger partial charge in [0.25, 0.3) is 5.56 Å². The molecule has 0 amide bonds. The van der Waals surface area contributed by atoms with Gasteiger partial charge >= 0.3 is 5.69 Å². The summed E-state index contributed by atoms with van der Waals surface area (Å²) < 4.78 is 1.83. The first kappa shape index (κ1) is 11.2. The molecule has 5 nitrogen and oxygen atoms in total. The van der Waals surface area contributed by atoms with Crippen molar-refractivity contribution in [3.8, 4) is 0 Å². The molecule has 0 saturated carbocycles. The highest BCUT2D eigenvalue weighted by Crippen LogP contribution is 1.97. The predicted molar refractivity (Wildman–Crippen MR) is 57.6 cm³/mol. The lowest BCUT2D eigenvalue weighted by Crippen LogP contribution is -2.32. The second-order valence-electron chi connectivity index (χ2n) is 3.23. The zero-order chi connectivity index (χ0) is 10.7. The predicted octanol–water partition coefficient (Wildman–Crippen LogP) is -0.139. The molecule has 1 rings (SSSR count). The third-order valence-corrected chi connectivity index (χ3v) is 2.32. The van der Waals surface area contributed by atoms with Gasteiger partial charge in [-0.25, -0.2) is 4.79 Å². The Balaban J connectivity index is 2.93. The third kappa shape index (κ3) is 2.81. The summed E-state index contributed by atoms with van der Waals surface area (Å²) in [5.41, 5.74) is -0.767. The molecule has 0 aliphatic heterocycles. The van der Waals surface area contributed by atoms with E-state index in [1.54, 1.807) is 0 Å². The van der Waals surface area contributed by atoms with Gasteiger partial charge in [-0.1, -0.05) is 0 Å². The number of nitrogens with one attached hydrogen (secondary N) is 1. The number of hydrogen-bond donors (Lipinski definition) is 1. The Kier molecular flexibility index (Phi) is 3.65. The zero-order valence-electron chi connectivity index (χ0n) is 8.08. The first-order chi connectivity index (χ1) is 6.50. The van der Waals surface area contributed by atoms with E-state index in [1.165, 1.54) is 10.8 Å². The smallest absolute Gasteiger partial charge is 0.308 e. The van der Waals surface area contributed by atoms with E-state index < -0.39 is 5.56 Å². The molecule has 0 bridgehead atoms. The summed E-state index contributed by atoms with van der Waals surface area (Å²) in [5, 5.41) is 0. The molecule has 0 atom stereocenters. The van der Waals surface area contributed by atoms with Crippen molar-refractivity contribution in [1.82, 2.24) is 14.5 Å².